The first-order chi connectivity index (χ1) is 28.5. The highest BCUT2D eigenvalue weighted by Crippen LogP contribution is 2.36. The van der Waals surface area contributed by atoms with Crippen molar-refractivity contribution in [1.82, 2.24) is 0 Å². The van der Waals surface area contributed by atoms with Crippen molar-refractivity contribution in [1.29, 1.82) is 0 Å². The number of hydrogen-bond acceptors (Lipinski definition) is 0. The maximum atomic E-state index is 11.6. The van der Waals surface area contributed by atoms with Gasteiger partial charge in [-0.1, -0.05) is 311 Å². The van der Waals surface area contributed by atoms with Crippen molar-refractivity contribution < 1.29 is 33.2 Å². The zero-order chi connectivity index (χ0) is 56.5. The molecule has 386 valence electrons. The molecule has 0 atom stereocenters. The van der Waals surface area contributed by atoms with Gasteiger partial charge < -0.3 is 0 Å². The van der Waals surface area contributed by atoms with Gasteiger partial charge in [0.1, 0.15) is 0 Å². The van der Waals surface area contributed by atoms with E-state index in [1.165, 1.54) is 90.9 Å². The minimum absolute atomic E-state index is 0.250. The lowest BCUT2D eigenvalue weighted by molar-refractivity contribution is -0.204. The third-order valence-corrected chi connectivity index (χ3v) is 4.48. The van der Waals surface area contributed by atoms with Gasteiger partial charge in [-0.2, -0.15) is 26.3 Å². The molecule has 0 rings (SSSR count). The fraction of sp³-hybridized carbons (Fsp3) is 1.00. The van der Waals surface area contributed by atoms with E-state index in [1.54, 1.807) is 6.92 Å². The fourth-order valence-corrected chi connectivity index (χ4v) is 1.06. The molecule has 0 amide bonds. The van der Waals surface area contributed by atoms with E-state index in [4.69, 9.17) is 6.85 Å². The summed E-state index contributed by atoms with van der Waals surface area (Å²) >= 11 is 0. The number of halogens is 6. The van der Waals surface area contributed by atoms with Crippen LogP contribution in [0, 0.1) is 35.0 Å². The summed E-state index contributed by atoms with van der Waals surface area (Å²) in [6, 6.07) is 0. The van der Waals surface area contributed by atoms with Crippen LogP contribution in [-0.2, 0) is 0 Å². The second kappa shape index (κ2) is 85.8. The average Bonchev–Trinajstić information content (AvgIpc) is 3.04. The second-order valence-electron chi connectivity index (χ2n) is 18.1. The molecule has 6 heteroatoms. The summed E-state index contributed by atoms with van der Waals surface area (Å²) in [5.74, 6) is 1.05. The Morgan fingerprint density at radius 1 is 0.383 bits per heavy atom. The zero-order valence-electron chi connectivity index (χ0n) is 52.8. The first-order valence-corrected chi connectivity index (χ1v) is 24.2. The summed E-state index contributed by atoms with van der Waals surface area (Å²) in [5, 5.41) is 0. The van der Waals surface area contributed by atoms with Crippen molar-refractivity contribution in [3.05, 3.63) is 0 Å². The molecule has 0 nitrogen and oxygen atoms in total. The molecule has 0 aliphatic carbocycles. The zero-order valence-corrected chi connectivity index (χ0v) is 47.8. The molecule has 0 spiro atoms. The van der Waals surface area contributed by atoms with E-state index in [1.807, 2.05) is 27.7 Å². The summed E-state index contributed by atoms with van der Waals surface area (Å²) in [7, 11) is 0. The Balaban J connectivity index is -0.0000000413. The number of unbranched alkanes of at least 4 members (excludes halogenated alkanes) is 7. The molecule has 0 aliphatic rings. The summed E-state index contributed by atoms with van der Waals surface area (Å²) in [4.78, 5) is 0. The van der Waals surface area contributed by atoms with Crippen molar-refractivity contribution in [2.45, 2.75) is 323 Å². The number of hydrogen-bond donors (Lipinski definition) is 0. The van der Waals surface area contributed by atoms with Crippen LogP contribution in [0.1, 0.15) is 318 Å². The van der Waals surface area contributed by atoms with E-state index in [9.17, 15) is 26.3 Å². The molecular formula is C54H128F6. The van der Waals surface area contributed by atoms with Crippen LogP contribution < -0.4 is 0 Å². The van der Waals surface area contributed by atoms with Gasteiger partial charge in [0.15, 0.2) is 0 Å². The molecule has 0 saturated carbocycles. The average molecular weight is 897 g/mol. The Bertz CT molecular complexity index is 631. The minimum atomic E-state index is -4.06. The van der Waals surface area contributed by atoms with Gasteiger partial charge in [-0.15, -0.1) is 0 Å². The van der Waals surface area contributed by atoms with Crippen LogP contribution in [0.5, 0.6) is 0 Å². The Kier molecular flexibility index (Phi) is 110. The summed E-state index contributed by atoms with van der Waals surface area (Å²) in [5.41, 5.74) is -1.56. The molecule has 0 radical (unpaired) electrons. The van der Waals surface area contributed by atoms with Crippen LogP contribution in [0.15, 0.2) is 0 Å². The maximum absolute atomic E-state index is 11.6. The highest BCUT2D eigenvalue weighted by atomic mass is 19.4. The topological polar surface area (TPSA) is 0 Å². The molecule has 0 aromatic carbocycles. The van der Waals surface area contributed by atoms with E-state index in [2.05, 4.69) is 132 Å². The van der Waals surface area contributed by atoms with Crippen LogP contribution in [-0.4, -0.2) is 12.4 Å². The van der Waals surface area contributed by atoms with Gasteiger partial charge in [0.25, 0.3) is 0 Å². The van der Waals surface area contributed by atoms with Crippen LogP contribution in [0.25, 0.3) is 0 Å². The normalized spacial score (nSPS) is 11.4. The SMILES string of the molecule is CC(C)(C)C(F)(F)F.CC(C)C.CC(C)C.CC(C)C.CC(C)C(F)(F)F.CCC.CCCC.CCCCC.CCCCC.CCCCC.[2H]C(C)(C)C.[2H]C([2H])(C)C.[2H]C([2H])(C)CC. The fourth-order valence-electron chi connectivity index (χ4n) is 1.06. The van der Waals surface area contributed by atoms with Crippen molar-refractivity contribution in [2.75, 3.05) is 0 Å². The summed E-state index contributed by atoms with van der Waals surface area (Å²) in [6.07, 6.45) is 6.70. The van der Waals surface area contributed by atoms with Gasteiger partial charge in [-0.05, 0) is 23.6 Å². The molecule has 0 fully saturated rings. The lowest BCUT2D eigenvalue weighted by Crippen LogP contribution is -2.28. The Labute approximate surface area is 390 Å². The van der Waals surface area contributed by atoms with Crippen LogP contribution in [0.4, 0.5) is 26.3 Å². The second-order valence-corrected chi connectivity index (χ2v) is 18.1. The van der Waals surface area contributed by atoms with Gasteiger partial charge in [-0.3, -0.25) is 0 Å². The highest BCUT2D eigenvalue weighted by molar-refractivity contribution is 4.70. The van der Waals surface area contributed by atoms with E-state index >= 15 is 0 Å². The first kappa shape index (κ1) is 76.8. The molecule has 0 N–H and O–H groups in total. The number of alkyl halides is 6. The van der Waals surface area contributed by atoms with Crippen molar-refractivity contribution in [2.24, 2.45) is 35.0 Å². The predicted octanol–water partition coefficient (Wildman–Crippen LogP) is 24.5. The van der Waals surface area contributed by atoms with Crippen molar-refractivity contribution in [3.63, 3.8) is 0 Å². The standard InChI is InChI=1S/C5H9F3.3C5H12.C4H7F3.6C4H10.2C3H8/c1-4(2,3)5(6,7)8;3*1-3-5-4-2;1-3(2)4(5,6)7;4*1-4(2)3;2*1-3-4-2;2*1-3-2/h1-3H3;3*3-5H2,1-2H3;3H,1-2H3;4*4H,1-3H3;2*3-4H2,1-2H3;2*3H2,1-2H3/i;;;;;4D;;;;3D2;;3D2;. The monoisotopic (exact) mass is 896 g/mol. The summed E-state index contributed by atoms with van der Waals surface area (Å²) < 4.78 is 102. The predicted molar refractivity (Wildman–Crippen MR) is 277 cm³/mol. The Hall–Kier alpha value is -0.420. The van der Waals surface area contributed by atoms with E-state index in [-0.39, 0.29) is 5.89 Å². The van der Waals surface area contributed by atoms with Gasteiger partial charge in [0.05, 0.1) is 5.41 Å². The molecule has 0 aromatic rings. The van der Waals surface area contributed by atoms with Gasteiger partial charge in [-0.25, -0.2) is 0 Å². The number of rotatable bonds is 8. The third kappa shape index (κ3) is 362. The first-order valence-electron chi connectivity index (χ1n) is 26.7. The quantitative estimate of drug-likeness (QED) is 0.213. The minimum Gasteiger partial charge on any atom is -0.171 e. The Morgan fingerprint density at radius 3 is 0.483 bits per heavy atom. The summed E-state index contributed by atoms with van der Waals surface area (Å²) in [6.45, 7) is 59.1. The van der Waals surface area contributed by atoms with Gasteiger partial charge in [0, 0.05) is 12.8 Å². The molecule has 0 heterocycles. The molecule has 0 aliphatic heterocycles. The lowest BCUT2D eigenvalue weighted by atomic mass is 9.96. The van der Waals surface area contributed by atoms with Crippen molar-refractivity contribution in [3.8, 4) is 0 Å². The molecule has 0 unspecified atom stereocenters. The van der Waals surface area contributed by atoms with E-state index in [0.29, 0.717) is 6.42 Å². The molecular weight excluding hydrogens is 763 g/mol. The smallest absolute Gasteiger partial charge is 0.171 e. The van der Waals surface area contributed by atoms with E-state index in [0.717, 1.165) is 52.4 Å². The largest absolute Gasteiger partial charge is 0.393 e. The lowest BCUT2D eigenvalue weighted by Gasteiger charge is -2.21. The van der Waals surface area contributed by atoms with Crippen LogP contribution in [0.3, 0.4) is 0 Å². The molecule has 60 heavy (non-hydrogen) atoms. The Morgan fingerprint density at radius 2 is 0.483 bits per heavy atom. The van der Waals surface area contributed by atoms with Crippen molar-refractivity contribution >= 4 is 0 Å². The van der Waals surface area contributed by atoms with Crippen LogP contribution >= 0.6 is 0 Å². The third-order valence-electron chi connectivity index (χ3n) is 4.48. The maximum Gasteiger partial charge on any atom is 0.393 e. The molecule has 0 bridgehead atoms. The van der Waals surface area contributed by atoms with Crippen LogP contribution in [0.2, 0.25) is 0 Å². The highest BCUT2D eigenvalue weighted by Gasteiger charge is 2.42. The van der Waals surface area contributed by atoms with E-state index < -0.39 is 36.4 Å². The van der Waals surface area contributed by atoms with Gasteiger partial charge >= 0.3 is 12.4 Å². The molecule has 0 aromatic heterocycles. The van der Waals surface area contributed by atoms with Gasteiger partial charge in [0.2, 0.25) is 0 Å². The molecule has 0 saturated heterocycles.